The zero-order valence-electron chi connectivity index (χ0n) is 28.6. The fraction of sp³-hybridized carbons (Fsp3) is 0.590. The van der Waals surface area contributed by atoms with Crippen molar-refractivity contribution >= 4 is 22.9 Å². The van der Waals surface area contributed by atoms with Gasteiger partial charge in [-0.25, -0.2) is 0 Å². The van der Waals surface area contributed by atoms with Crippen LogP contribution in [-0.4, -0.2) is 12.5 Å². The second-order valence-corrected chi connectivity index (χ2v) is 14.5. The molecule has 0 unspecified atom stereocenters. The Morgan fingerprint density at radius 3 is 2.09 bits per heavy atom. The van der Waals surface area contributed by atoms with E-state index >= 15 is 0 Å². The number of nitrogens with zero attached hydrogens (tertiary/aromatic N) is 2. The van der Waals surface area contributed by atoms with Crippen LogP contribution in [0.4, 0.5) is 5.69 Å². The first-order chi connectivity index (χ1) is 21.2. The van der Waals surface area contributed by atoms with E-state index < -0.39 is 0 Å². The molecule has 44 heavy (non-hydrogen) atoms. The number of hydrogen-bond donors (Lipinski definition) is 0. The van der Waals surface area contributed by atoms with Gasteiger partial charge in [0.2, 0.25) is 11.4 Å². The first-order valence-corrected chi connectivity index (χ1v) is 18.2. The molecule has 0 aliphatic carbocycles. The maximum Gasteiger partial charge on any atom is 0.227 e. The van der Waals surface area contributed by atoms with Crippen LogP contribution < -0.4 is 14.2 Å². The monoisotopic (exact) mass is 619 g/mol. The quantitative estimate of drug-likeness (QED) is 0.0931. The molecule has 0 fully saturated rings. The predicted octanol–water partition coefficient (Wildman–Crippen LogP) is 10.7. The van der Waals surface area contributed by atoms with Gasteiger partial charge < -0.3 is 9.64 Å². The van der Waals surface area contributed by atoms with E-state index in [9.17, 15) is 4.79 Å². The molecule has 0 aliphatic heterocycles. The van der Waals surface area contributed by atoms with Crippen LogP contribution in [0.3, 0.4) is 0 Å². The summed E-state index contributed by atoms with van der Waals surface area (Å²) in [5, 5.41) is 0. The lowest BCUT2D eigenvalue weighted by Crippen LogP contribution is -2.32. The minimum atomic E-state index is -0.0185. The fourth-order valence-electron chi connectivity index (χ4n) is 5.79. The summed E-state index contributed by atoms with van der Waals surface area (Å²) in [6.07, 6.45) is 18.7. The summed E-state index contributed by atoms with van der Waals surface area (Å²) in [7, 11) is 0. The number of benzene rings is 2. The van der Waals surface area contributed by atoms with Crippen molar-refractivity contribution in [3.05, 3.63) is 75.7 Å². The fourth-order valence-corrected chi connectivity index (χ4v) is 6.42. The molecule has 0 N–H and O–H groups in total. The maximum absolute atomic E-state index is 13.2. The summed E-state index contributed by atoms with van der Waals surface area (Å²) < 4.78 is 8.66. The minimum absolute atomic E-state index is 0.0185. The van der Waals surface area contributed by atoms with Crippen molar-refractivity contribution in [2.45, 2.75) is 144 Å². The first kappa shape index (κ1) is 35.8. The van der Waals surface area contributed by atoms with Gasteiger partial charge in [-0.1, -0.05) is 141 Å². The third kappa shape index (κ3) is 12.4. The molecule has 2 aromatic carbocycles. The van der Waals surface area contributed by atoms with Crippen LogP contribution in [-0.2, 0) is 23.3 Å². The van der Waals surface area contributed by atoms with Crippen LogP contribution in [0.15, 0.2) is 54.2 Å². The van der Waals surface area contributed by atoms with E-state index in [0.29, 0.717) is 13.0 Å². The zero-order valence-corrected chi connectivity index (χ0v) is 29.4. The molecular formula is C39H59N2O2S+. The molecule has 1 heterocycles. The molecule has 3 aromatic rings. The summed E-state index contributed by atoms with van der Waals surface area (Å²) in [5.74, 6) is 1.08. The first-order valence-electron chi connectivity index (χ1n) is 17.3. The van der Waals surface area contributed by atoms with Crippen LogP contribution in [0.2, 0.25) is 0 Å². The lowest BCUT2D eigenvalue weighted by Gasteiger charge is -2.26. The van der Waals surface area contributed by atoms with Gasteiger partial charge in [0.1, 0.15) is 5.75 Å². The SMILES string of the molecule is CCCCCCCCCCCCCCOc1cc(CN(C(=O)CC)c2cccc(C[n+]3csc(C)c3)c2)ccc1C(C)(C)C. The molecule has 0 bridgehead atoms. The summed E-state index contributed by atoms with van der Waals surface area (Å²) in [5.41, 5.74) is 6.58. The van der Waals surface area contributed by atoms with Gasteiger partial charge in [0.25, 0.3) is 0 Å². The van der Waals surface area contributed by atoms with E-state index in [0.717, 1.165) is 36.6 Å². The normalized spacial score (nSPS) is 11.6. The Bertz CT molecular complexity index is 1260. The predicted molar refractivity (Wildman–Crippen MR) is 188 cm³/mol. The smallest absolute Gasteiger partial charge is 0.227 e. The van der Waals surface area contributed by atoms with E-state index in [1.807, 2.05) is 11.8 Å². The van der Waals surface area contributed by atoms with Gasteiger partial charge in [-0.15, -0.1) is 0 Å². The van der Waals surface area contributed by atoms with E-state index in [2.05, 4.69) is 93.4 Å². The molecule has 3 rings (SSSR count). The van der Waals surface area contributed by atoms with Gasteiger partial charge in [0.15, 0.2) is 12.7 Å². The van der Waals surface area contributed by atoms with Crippen molar-refractivity contribution in [3.63, 3.8) is 0 Å². The van der Waals surface area contributed by atoms with Crippen LogP contribution in [0.1, 0.15) is 140 Å². The molecule has 0 atom stereocenters. The Balaban J connectivity index is 1.57. The number of amides is 1. The van der Waals surface area contributed by atoms with Gasteiger partial charge in [-0.3, -0.25) is 4.79 Å². The molecule has 0 radical (unpaired) electrons. The van der Waals surface area contributed by atoms with E-state index in [-0.39, 0.29) is 11.3 Å². The largest absolute Gasteiger partial charge is 0.493 e. The standard InChI is InChI=1S/C39H59N2O2S/c1-7-9-10-11-12-13-14-15-16-17-18-19-25-43-37-27-34(23-24-36(37)39(4,5)6)30-41(38(42)8-2)35-22-20-21-33(26-35)29-40-28-32(3)44-31-40/h20-24,26-28,31H,7-19,25,29-30H2,1-6H3/q+1. The molecule has 1 aromatic heterocycles. The topological polar surface area (TPSA) is 33.4 Å². The highest BCUT2D eigenvalue weighted by molar-refractivity contribution is 7.09. The zero-order chi connectivity index (χ0) is 31.8. The Hall–Kier alpha value is -2.66. The number of hydrogen-bond acceptors (Lipinski definition) is 3. The van der Waals surface area contributed by atoms with Crippen LogP contribution in [0.5, 0.6) is 5.75 Å². The van der Waals surface area contributed by atoms with Crippen molar-refractivity contribution in [2.75, 3.05) is 11.5 Å². The molecular weight excluding hydrogens is 561 g/mol. The Labute approximate surface area is 272 Å². The van der Waals surface area contributed by atoms with Crippen molar-refractivity contribution in [1.82, 2.24) is 0 Å². The van der Waals surface area contributed by atoms with Crippen molar-refractivity contribution in [1.29, 1.82) is 0 Å². The number of carbonyl (C=O) groups excluding carboxylic acids is 1. The number of rotatable bonds is 20. The van der Waals surface area contributed by atoms with Gasteiger partial charge >= 0.3 is 0 Å². The van der Waals surface area contributed by atoms with Gasteiger partial charge in [-0.2, -0.15) is 4.57 Å². The number of thiazole rings is 1. The van der Waals surface area contributed by atoms with Crippen LogP contribution in [0.25, 0.3) is 0 Å². The Morgan fingerprint density at radius 1 is 0.841 bits per heavy atom. The Kier molecular flexibility index (Phi) is 15.5. The number of aryl methyl sites for hydroxylation is 1. The van der Waals surface area contributed by atoms with Gasteiger partial charge in [0.05, 0.1) is 18.0 Å². The number of ether oxygens (including phenoxy) is 1. The number of carbonyl (C=O) groups is 1. The molecule has 0 aliphatic rings. The molecule has 1 amide bonds. The van der Waals surface area contributed by atoms with Gasteiger partial charge in [-0.05, 0) is 48.1 Å². The Morgan fingerprint density at radius 2 is 1.50 bits per heavy atom. The molecule has 242 valence electrons. The molecule has 4 nitrogen and oxygen atoms in total. The van der Waals surface area contributed by atoms with E-state index in [1.54, 1.807) is 11.3 Å². The molecule has 5 heteroatoms. The van der Waals surface area contributed by atoms with E-state index in [1.165, 1.54) is 86.6 Å². The lowest BCUT2D eigenvalue weighted by molar-refractivity contribution is -0.683. The minimum Gasteiger partial charge on any atom is -0.493 e. The van der Waals surface area contributed by atoms with Gasteiger partial charge in [0, 0.05) is 17.7 Å². The highest BCUT2D eigenvalue weighted by atomic mass is 32.1. The summed E-state index contributed by atoms with van der Waals surface area (Å²) >= 11 is 1.75. The molecule has 0 saturated heterocycles. The van der Waals surface area contributed by atoms with Crippen LogP contribution in [0, 0.1) is 6.92 Å². The highest BCUT2D eigenvalue weighted by Crippen LogP contribution is 2.33. The average Bonchev–Trinajstić information content (AvgIpc) is 3.41. The summed E-state index contributed by atoms with van der Waals surface area (Å²) in [4.78, 5) is 16.4. The second-order valence-electron chi connectivity index (χ2n) is 13.5. The highest BCUT2D eigenvalue weighted by Gasteiger charge is 2.21. The number of anilines is 1. The molecule has 0 spiro atoms. The number of aromatic nitrogens is 1. The summed E-state index contributed by atoms with van der Waals surface area (Å²) in [6, 6.07) is 14.9. The van der Waals surface area contributed by atoms with Crippen molar-refractivity contribution in [3.8, 4) is 5.75 Å². The molecule has 0 saturated carbocycles. The lowest BCUT2D eigenvalue weighted by atomic mass is 9.85. The van der Waals surface area contributed by atoms with Crippen molar-refractivity contribution in [2.24, 2.45) is 0 Å². The van der Waals surface area contributed by atoms with Crippen LogP contribution >= 0.6 is 11.3 Å². The third-order valence-electron chi connectivity index (χ3n) is 8.36. The maximum atomic E-state index is 13.2. The average molecular weight is 620 g/mol. The van der Waals surface area contributed by atoms with E-state index in [4.69, 9.17) is 4.74 Å². The third-order valence-corrected chi connectivity index (χ3v) is 9.22. The number of unbranched alkanes of at least 4 members (excludes halogenated alkanes) is 11. The van der Waals surface area contributed by atoms with Crippen molar-refractivity contribution < 1.29 is 14.1 Å². The second kappa shape index (κ2) is 19.0. The summed E-state index contributed by atoms with van der Waals surface area (Å²) in [6.45, 7) is 15.1.